The van der Waals surface area contributed by atoms with Gasteiger partial charge in [-0.1, -0.05) is 64.1 Å². The van der Waals surface area contributed by atoms with Crippen molar-refractivity contribution in [2.75, 3.05) is 6.61 Å². The largest absolute Gasteiger partial charge is 0.489 e. The minimum atomic E-state index is -0.483. The van der Waals surface area contributed by atoms with E-state index in [9.17, 15) is 4.79 Å². The number of halogens is 1. The van der Waals surface area contributed by atoms with Gasteiger partial charge in [0.25, 0.3) is 0 Å². The Morgan fingerprint density at radius 3 is 2.75 bits per heavy atom. The van der Waals surface area contributed by atoms with Gasteiger partial charge in [-0.15, -0.1) is 0 Å². The Bertz CT molecular complexity index is 841. The molecule has 0 aromatic heterocycles. The first-order valence-corrected chi connectivity index (χ1v) is 8.08. The summed E-state index contributed by atoms with van der Waals surface area (Å²) < 4.78 is 6.53. The summed E-state index contributed by atoms with van der Waals surface area (Å²) in [5, 5.41) is 3.91. The number of carbonyl (C=O) groups is 1. The molecule has 5 heteroatoms. The van der Waals surface area contributed by atoms with E-state index in [0.29, 0.717) is 23.6 Å². The second kappa shape index (κ2) is 7.27. The summed E-state index contributed by atoms with van der Waals surface area (Å²) >= 11 is 3.44. The van der Waals surface area contributed by atoms with E-state index in [1.165, 1.54) is 0 Å². The number of hydrogen-bond acceptors (Lipinski definition) is 4. The molecular formula is C19H14BrNO3. The fraction of sp³-hybridized carbons (Fsp3) is 0.0526. The maximum absolute atomic E-state index is 12.1. The summed E-state index contributed by atoms with van der Waals surface area (Å²) in [6.07, 6.45) is 3.39. The molecule has 1 aliphatic heterocycles. The molecule has 0 unspecified atom stereocenters. The maximum atomic E-state index is 12.1. The summed E-state index contributed by atoms with van der Waals surface area (Å²) in [6, 6.07) is 15.0. The second-order valence-corrected chi connectivity index (χ2v) is 5.94. The molecule has 0 aliphatic carbocycles. The van der Waals surface area contributed by atoms with Crippen LogP contribution in [0.1, 0.15) is 11.1 Å². The average molecular weight is 384 g/mol. The van der Waals surface area contributed by atoms with Crippen LogP contribution in [0.2, 0.25) is 0 Å². The molecule has 4 nitrogen and oxygen atoms in total. The van der Waals surface area contributed by atoms with E-state index in [1.54, 1.807) is 12.2 Å². The Balaban J connectivity index is 2.03. The van der Waals surface area contributed by atoms with Crippen LogP contribution in [0.3, 0.4) is 0 Å². The van der Waals surface area contributed by atoms with Gasteiger partial charge in [-0.3, -0.25) is 0 Å². The smallest absolute Gasteiger partial charge is 0.368 e. The van der Waals surface area contributed by atoms with Crippen molar-refractivity contribution < 1.29 is 14.4 Å². The van der Waals surface area contributed by atoms with Crippen molar-refractivity contribution in [3.05, 3.63) is 82.4 Å². The molecule has 0 radical (unpaired) electrons. The number of benzene rings is 2. The highest BCUT2D eigenvalue weighted by atomic mass is 79.9. The zero-order chi connectivity index (χ0) is 16.9. The minimum Gasteiger partial charge on any atom is -0.489 e. The van der Waals surface area contributed by atoms with Gasteiger partial charge in [0, 0.05) is 15.6 Å². The first kappa shape index (κ1) is 16.2. The lowest BCUT2D eigenvalue weighted by molar-refractivity contribution is -0.136. The van der Waals surface area contributed by atoms with Crippen LogP contribution in [-0.4, -0.2) is 18.3 Å². The first-order valence-electron chi connectivity index (χ1n) is 7.29. The number of ether oxygens (including phenoxy) is 1. The Morgan fingerprint density at radius 1 is 1.21 bits per heavy atom. The molecule has 2 aromatic carbocycles. The molecule has 0 saturated heterocycles. The molecule has 0 amide bonds. The minimum absolute atomic E-state index is 0.377. The highest BCUT2D eigenvalue weighted by Crippen LogP contribution is 2.28. The van der Waals surface area contributed by atoms with E-state index < -0.39 is 5.97 Å². The van der Waals surface area contributed by atoms with Crippen LogP contribution in [0.5, 0.6) is 5.75 Å². The Hall–Kier alpha value is -2.66. The molecule has 3 rings (SSSR count). The van der Waals surface area contributed by atoms with Crippen LogP contribution in [0.15, 0.2) is 76.4 Å². The zero-order valence-electron chi connectivity index (χ0n) is 12.7. The van der Waals surface area contributed by atoms with Crippen molar-refractivity contribution in [1.82, 2.24) is 0 Å². The van der Waals surface area contributed by atoms with Gasteiger partial charge < -0.3 is 9.57 Å². The van der Waals surface area contributed by atoms with Crippen molar-refractivity contribution in [2.24, 2.45) is 5.16 Å². The van der Waals surface area contributed by atoms with Crippen LogP contribution in [-0.2, 0) is 9.63 Å². The molecule has 0 fully saturated rings. The van der Waals surface area contributed by atoms with Gasteiger partial charge in [-0.2, -0.15) is 0 Å². The van der Waals surface area contributed by atoms with Gasteiger partial charge in [-0.05, 0) is 24.3 Å². The van der Waals surface area contributed by atoms with Crippen LogP contribution in [0, 0.1) is 0 Å². The summed E-state index contributed by atoms with van der Waals surface area (Å²) in [7, 11) is 0. The average Bonchev–Trinajstić information content (AvgIpc) is 2.96. The Morgan fingerprint density at radius 2 is 2.00 bits per heavy atom. The molecule has 0 spiro atoms. The third kappa shape index (κ3) is 3.46. The van der Waals surface area contributed by atoms with Gasteiger partial charge >= 0.3 is 5.97 Å². The molecule has 24 heavy (non-hydrogen) atoms. The SMILES string of the molecule is C=CCOc1ccc(Br)cc1/C=C1\C(=O)ON=C1c1ccccc1. The van der Waals surface area contributed by atoms with Gasteiger partial charge in [0.15, 0.2) is 0 Å². The standard InChI is InChI=1S/C19H14BrNO3/c1-2-10-23-17-9-8-15(20)11-14(17)12-16-18(21-24-19(16)22)13-6-4-3-5-7-13/h2-9,11-12H,1,10H2/b16-12-. The molecule has 0 saturated carbocycles. The third-order valence-corrected chi connectivity index (χ3v) is 3.86. The van der Waals surface area contributed by atoms with E-state index in [1.807, 2.05) is 48.5 Å². The van der Waals surface area contributed by atoms with E-state index in [0.717, 1.165) is 15.6 Å². The van der Waals surface area contributed by atoms with Gasteiger partial charge in [0.05, 0.1) is 5.57 Å². The number of rotatable bonds is 5. The summed E-state index contributed by atoms with van der Waals surface area (Å²) in [5.74, 6) is 0.168. The molecule has 0 atom stereocenters. The number of carbonyl (C=O) groups excluding carboxylic acids is 1. The lowest BCUT2D eigenvalue weighted by Gasteiger charge is -2.08. The predicted molar refractivity (Wildman–Crippen MR) is 96.9 cm³/mol. The third-order valence-electron chi connectivity index (χ3n) is 3.37. The fourth-order valence-electron chi connectivity index (χ4n) is 2.28. The highest BCUT2D eigenvalue weighted by Gasteiger charge is 2.27. The van der Waals surface area contributed by atoms with Crippen LogP contribution in [0.25, 0.3) is 6.08 Å². The summed E-state index contributed by atoms with van der Waals surface area (Å²) in [4.78, 5) is 17.0. The number of oxime groups is 1. The molecule has 2 aromatic rings. The normalized spacial score (nSPS) is 15.1. The number of nitrogens with zero attached hydrogens (tertiary/aromatic N) is 1. The molecule has 0 N–H and O–H groups in total. The van der Waals surface area contributed by atoms with Crippen LogP contribution in [0.4, 0.5) is 0 Å². The Kier molecular flexibility index (Phi) is 4.91. The van der Waals surface area contributed by atoms with E-state index in [-0.39, 0.29) is 0 Å². The quantitative estimate of drug-likeness (QED) is 0.437. The van der Waals surface area contributed by atoms with Gasteiger partial charge in [0.2, 0.25) is 0 Å². The second-order valence-electron chi connectivity index (χ2n) is 5.02. The van der Waals surface area contributed by atoms with E-state index in [4.69, 9.17) is 9.57 Å². The maximum Gasteiger partial charge on any atom is 0.368 e. The topological polar surface area (TPSA) is 47.9 Å². The highest BCUT2D eigenvalue weighted by molar-refractivity contribution is 9.10. The lowest BCUT2D eigenvalue weighted by Crippen LogP contribution is -2.07. The fourth-order valence-corrected chi connectivity index (χ4v) is 2.66. The van der Waals surface area contributed by atoms with Crippen molar-refractivity contribution in [3.8, 4) is 5.75 Å². The molecule has 1 heterocycles. The van der Waals surface area contributed by atoms with Crippen molar-refractivity contribution >= 4 is 33.7 Å². The lowest BCUT2D eigenvalue weighted by atomic mass is 10.0. The first-order chi connectivity index (χ1) is 11.7. The summed E-state index contributed by atoms with van der Waals surface area (Å²) in [5.41, 5.74) is 2.47. The van der Waals surface area contributed by atoms with Gasteiger partial charge in [0.1, 0.15) is 18.1 Å². The monoisotopic (exact) mass is 383 g/mol. The van der Waals surface area contributed by atoms with Crippen LogP contribution >= 0.6 is 15.9 Å². The van der Waals surface area contributed by atoms with Crippen LogP contribution < -0.4 is 4.74 Å². The molecule has 0 bridgehead atoms. The Labute approximate surface area is 148 Å². The predicted octanol–water partition coefficient (Wildman–Crippen LogP) is 4.36. The van der Waals surface area contributed by atoms with Crippen molar-refractivity contribution in [1.29, 1.82) is 0 Å². The van der Waals surface area contributed by atoms with E-state index >= 15 is 0 Å². The van der Waals surface area contributed by atoms with Crippen molar-refractivity contribution in [2.45, 2.75) is 0 Å². The number of hydrogen-bond donors (Lipinski definition) is 0. The summed E-state index contributed by atoms with van der Waals surface area (Å²) in [6.45, 7) is 4.02. The zero-order valence-corrected chi connectivity index (χ0v) is 14.3. The molecule has 1 aliphatic rings. The molecular weight excluding hydrogens is 370 g/mol. The van der Waals surface area contributed by atoms with E-state index in [2.05, 4.69) is 27.7 Å². The van der Waals surface area contributed by atoms with Gasteiger partial charge in [-0.25, -0.2) is 4.79 Å². The van der Waals surface area contributed by atoms with Crippen molar-refractivity contribution in [3.63, 3.8) is 0 Å². The molecule has 120 valence electrons.